The standard InChI is InChI=1S/C7H6O2/c8-4-5-3-6-1-2-7(5)9-6/h1-3,8H,4H2. The van der Waals surface area contributed by atoms with Gasteiger partial charge in [-0.15, -0.1) is 0 Å². The molecule has 0 amide bonds. The maximum atomic E-state index is 8.67. The summed E-state index contributed by atoms with van der Waals surface area (Å²) in [7, 11) is 0. The fourth-order valence-corrected chi connectivity index (χ4v) is 0.969. The van der Waals surface area contributed by atoms with Crippen molar-refractivity contribution in [1.29, 1.82) is 0 Å². The highest BCUT2D eigenvalue weighted by Crippen LogP contribution is 2.21. The molecular weight excluding hydrogens is 116 g/mol. The van der Waals surface area contributed by atoms with Gasteiger partial charge >= 0.3 is 0 Å². The molecule has 1 N–H and O–H groups in total. The topological polar surface area (TPSA) is 33.4 Å². The zero-order valence-electron chi connectivity index (χ0n) is 4.79. The van der Waals surface area contributed by atoms with E-state index in [1.165, 1.54) is 0 Å². The van der Waals surface area contributed by atoms with Gasteiger partial charge in [-0.1, -0.05) is 0 Å². The van der Waals surface area contributed by atoms with Gasteiger partial charge in [-0.3, -0.25) is 0 Å². The molecule has 2 heterocycles. The van der Waals surface area contributed by atoms with E-state index in [-0.39, 0.29) is 6.61 Å². The molecule has 2 rings (SSSR count). The van der Waals surface area contributed by atoms with Gasteiger partial charge in [0.05, 0.1) is 6.61 Å². The van der Waals surface area contributed by atoms with Gasteiger partial charge in [0.15, 0.2) is 0 Å². The fraction of sp³-hybridized carbons (Fsp3) is 0.143. The van der Waals surface area contributed by atoms with Crippen molar-refractivity contribution >= 4 is 11.2 Å². The van der Waals surface area contributed by atoms with Gasteiger partial charge < -0.3 is 9.52 Å². The van der Waals surface area contributed by atoms with Crippen molar-refractivity contribution in [2.45, 2.75) is 6.61 Å². The number of hydrogen-bond acceptors (Lipinski definition) is 2. The second-order valence-electron chi connectivity index (χ2n) is 2.03. The van der Waals surface area contributed by atoms with Crippen LogP contribution in [0.25, 0.3) is 11.2 Å². The number of fused-ring (bicyclic) bond motifs is 2. The van der Waals surface area contributed by atoms with Crippen LogP contribution in [0.3, 0.4) is 0 Å². The third-order valence-corrected chi connectivity index (χ3v) is 1.43. The summed E-state index contributed by atoms with van der Waals surface area (Å²) in [6.45, 7) is 0.0726. The molecule has 2 bridgehead atoms. The van der Waals surface area contributed by atoms with E-state index in [4.69, 9.17) is 9.52 Å². The zero-order chi connectivity index (χ0) is 6.27. The summed E-state index contributed by atoms with van der Waals surface area (Å²) in [5.74, 6) is 0. The van der Waals surface area contributed by atoms with Crippen LogP contribution in [0.4, 0.5) is 0 Å². The van der Waals surface area contributed by atoms with Crippen LogP contribution in [0.5, 0.6) is 0 Å². The Bertz CT molecular complexity index is 297. The van der Waals surface area contributed by atoms with Crippen LogP contribution in [-0.2, 0) is 6.61 Å². The van der Waals surface area contributed by atoms with E-state index in [2.05, 4.69) is 0 Å². The van der Waals surface area contributed by atoms with E-state index in [1.54, 1.807) is 0 Å². The monoisotopic (exact) mass is 122 g/mol. The molecule has 0 fully saturated rings. The molecule has 0 aliphatic heterocycles. The van der Waals surface area contributed by atoms with Crippen molar-refractivity contribution < 1.29 is 9.52 Å². The van der Waals surface area contributed by atoms with Gasteiger partial charge in [0.25, 0.3) is 0 Å². The van der Waals surface area contributed by atoms with Gasteiger partial charge in [-0.05, 0) is 18.2 Å². The minimum absolute atomic E-state index is 0.0726. The molecule has 46 valence electrons. The molecule has 0 saturated carbocycles. The van der Waals surface area contributed by atoms with Crippen LogP contribution in [0.2, 0.25) is 0 Å². The molecule has 9 heavy (non-hydrogen) atoms. The number of hydrogen-bond donors (Lipinski definition) is 1. The van der Waals surface area contributed by atoms with E-state index in [9.17, 15) is 0 Å². The maximum Gasteiger partial charge on any atom is 0.133 e. The molecular formula is C7H6O2. The lowest BCUT2D eigenvalue weighted by atomic mass is 10.2. The van der Waals surface area contributed by atoms with E-state index in [1.807, 2.05) is 18.2 Å². The average Bonchev–Trinajstić information content (AvgIpc) is 2.45. The summed E-state index contributed by atoms with van der Waals surface area (Å²) in [6, 6.07) is 5.59. The van der Waals surface area contributed by atoms with E-state index in [0.29, 0.717) is 0 Å². The number of furan rings is 2. The first-order chi connectivity index (χ1) is 4.40. The first-order valence-electron chi connectivity index (χ1n) is 2.82. The average molecular weight is 122 g/mol. The van der Waals surface area contributed by atoms with Crippen LogP contribution < -0.4 is 0 Å². The highest BCUT2D eigenvalue weighted by molar-refractivity contribution is 5.65. The Morgan fingerprint density at radius 2 is 2.33 bits per heavy atom. The van der Waals surface area contributed by atoms with Gasteiger partial charge in [0.1, 0.15) is 11.2 Å². The minimum atomic E-state index is 0.0726. The molecule has 0 aliphatic carbocycles. The largest absolute Gasteiger partial charge is 0.457 e. The van der Waals surface area contributed by atoms with Crippen molar-refractivity contribution in [3.63, 3.8) is 0 Å². The molecule has 0 saturated heterocycles. The molecule has 0 radical (unpaired) electrons. The SMILES string of the molecule is OCc1cc2ccc1o2. The molecule has 2 nitrogen and oxygen atoms in total. The third-order valence-electron chi connectivity index (χ3n) is 1.43. The number of aliphatic hydroxyl groups is 1. The van der Waals surface area contributed by atoms with Crippen LogP contribution in [0.15, 0.2) is 22.6 Å². The lowest BCUT2D eigenvalue weighted by Gasteiger charge is -1.84. The quantitative estimate of drug-likeness (QED) is 0.619. The molecule has 2 heteroatoms. The van der Waals surface area contributed by atoms with E-state index < -0.39 is 0 Å². The van der Waals surface area contributed by atoms with Gasteiger partial charge in [-0.25, -0.2) is 0 Å². The Balaban J connectivity index is 2.72. The first kappa shape index (κ1) is 4.82. The highest BCUT2D eigenvalue weighted by Gasteiger charge is 2.03. The van der Waals surface area contributed by atoms with Crippen molar-refractivity contribution in [3.8, 4) is 0 Å². The molecule has 0 atom stereocenters. The summed E-state index contributed by atoms with van der Waals surface area (Å²) < 4.78 is 5.15. The lowest BCUT2D eigenvalue weighted by molar-refractivity contribution is 0.283. The molecule has 0 aliphatic rings. The zero-order valence-corrected chi connectivity index (χ0v) is 4.79. The Kier molecular flexibility index (Phi) is 0.794. The maximum absolute atomic E-state index is 8.67. The Morgan fingerprint density at radius 1 is 1.44 bits per heavy atom. The third kappa shape index (κ3) is 0.535. The van der Waals surface area contributed by atoms with E-state index in [0.717, 1.165) is 16.7 Å². The van der Waals surface area contributed by atoms with Crippen LogP contribution in [0, 0.1) is 0 Å². The molecule has 0 spiro atoms. The van der Waals surface area contributed by atoms with Crippen molar-refractivity contribution in [2.75, 3.05) is 0 Å². The lowest BCUT2D eigenvalue weighted by Crippen LogP contribution is -1.76. The molecule has 0 unspecified atom stereocenters. The number of benzene rings is 1. The predicted molar refractivity (Wildman–Crippen MR) is 33.3 cm³/mol. The second kappa shape index (κ2) is 1.48. The molecule has 0 aromatic carbocycles. The Morgan fingerprint density at radius 3 is 2.67 bits per heavy atom. The normalized spacial score (nSPS) is 11.2. The first-order valence-corrected chi connectivity index (χ1v) is 2.82. The number of rotatable bonds is 1. The highest BCUT2D eigenvalue weighted by atomic mass is 16.3. The van der Waals surface area contributed by atoms with Gasteiger partial charge in [-0.2, -0.15) is 0 Å². The van der Waals surface area contributed by atoms with Crippen molar-refractivity contribution in [2.24, 2.45) is 0 Å². The smallest absolute Gasteiger partial charge is 0.133 e. The number of aliphatic hydroxyl groups excluding tert-OH is 1. The van der Waals surface area contributed by atoms with Crippen LogP contribution in [-0.4, -0.2) is 5.11 Å². The summed E-state index contributed by atoms with van der Waals surface area (Å²) in [5.41, 5.74) is 2.52. The second-order valence-corrected chi connectivity index (χ2v) is 2.03. The fourth-order valence-electron chi connectivity index (χ4n) is 0.969. The summed E-state index contributed by atoms with van der Waals surface area (Å²) in [6.07, 6.45) is 0. The van der Waals surface area contributed by atoms with E-state index >= 15 is 0 Å². The predicted octanol–water partition coefficient (Wildman–Crippen LogP) is 1.36. The van der Waals surface area contributed by atoms with Crippen molar-refractivity contribution in [1.82, 2.24) is 0 Å². The molecule has 2 aromatic heterocycles. The Hall–Kier alpha value is -1.02. The molecule has 2 aromatic rings. The van der Waals surface area contributed by atoms with Gasteiger partial charge in [0.2, 0.25) is 0 Å². The van der Waals surface area contributed by atoms with Gasteiger partial charge in [0, 0.05) is 5.56 Å². The summed E-state index contributed by atoms with van der Waals surface area (Å²) in [4.78, 5) is 0. The van der Waals surface area contributed by atoms with Crippen molar-refractivity contribution in [3.05, 3.63) is 23.8 Å². The summed E-state index contributed by atoms with van der Waals surface area (Å²) >= 11 is 0. The van der Waals surface area contributed by atoms with Crippen LogP contribution >= 0.6 is 0 Å². The van der Waals surface area contributed by atoms with Crippen LogP contribution in [0.1, 0.15) is 5.56 Å². The summed E-state index contributed by atoms with van der Waals surface area (Å²) in [5, 5.41) is 8.67. The minimum Gasteiger partial charge on any atom is -0.457 e. The Labute approximate surface area is 52.0 Å².